The summed E-state index contributed by atoms with van der Waals surface area (Å²) in [6.07, 6.45) is 0. The molecule has 0 saturated carbocycles. The second-order valence-corrected chi connectivity index (χ2v) is 20.6. The van der Waals surface area contributed by atoms with E-state index in [2.05, 4.69) is 246 Å². The van der Waals surface area contributed by atoms with Gasteiger partial charge >= 0.3 is 0 Å². The van der Waals surface area contributed by atoms with Gasteiger partial charge in [-0.15, -0.1) is 0 Å². The number of rotatable bonds is 7. The monoisotopic (exact) mass is 832 g/mol. The highest BCUT2D eigenvalue weighted by atomic mass is 28.3. The van der Waals surface area contributed by atoms with Crippen LogP contribution >= 0.6 is 0 Å². The van der Waals surface area contributed by atoms with Crippen molar-refractivity contribution in [2.75, 3.05) is 0 Å². The first-order chi connectivity index (χ1) is 31.8. The van der Waals surface area contributed by atoms with Gasteiger partial charge in [0.15, 0.2) is 8.07 Å². The Bertz CT molecular complexity index is 3790. The van der Waals surface area contributed by atoms with Crippen LogP contribution in [0.5, 0.6) is 0 Å². The number of hydrogen-bond donors (Lipinski definition) is 0. The van der Waals surface area contributed by atoms with Crippen LogP contribution in [0.15, 0.2) is 247 Å². The van der Waals surface area contributed by atoms with E-state index in [-0.39, 0.29) is 0 Å². The summed E-state index contributed by atoms with van der Waals surface area (Å²) in [6.45, 7) is 0. The Balaban J connectivity index is 0.990. The fourth-order valence-corrected chi connectivity index (χ4v) is 15.4. The number of benzene rings is 10. The van der Waals surface area contributed by atoms with E-state index < -0.39 is 8.07 Å². The van der Waals surface area contributed by atoms with Crippen LogP contribution < -0.4 is 20.7 Å². The molecule has 0 aliphatic heterocycles. The molecule has 13 rings (SSSR count). The number of aromatic nitrogens is 2. The first-order valence-electron chi connectivity index (χ1n) is 22.0. The molecule has 0 aliphatic rings. The highest BCUT2D eigenvalue weighted by Gasteiger charge is 2.41. The van der Waals surface area contributed by atoms with Crippen molar-refractivity contribution in [1.82, 2.24) is 9.13 Å². The van der Waals surface area contributed by atoms with Crippen molar-refractivity contribution in [1.29, 1.82) is 0 Å². The number of para-hydroxylation sites is 4. The van der Waals surface area contributed by atoms with Crippen molar-refractivity contribution >= 4 is 94.4 Å². The van der Waals surface area contributed by atoms with Crippen LogP contribution in [-0.2, 0) is 0 Å². The summed E-state index contributed by atoms with van der Waals surface area (Å²) in [7, 11) is -2.68. The smallest absolute Gasteiger partial charge is 0.179 e. The average Bonchev–Trinajstić information content (AvgIpc) is 4.03. The summed E-state index contributed by atoms with van der Waals surface area (Å²) >= 11 is 0. The summed E-state index contributed by atoms with van der Waals surface area (Å²) in [5, 5.41) is 12.6. The predicted molar refractivity (Wildman–Crippen MR) is 271 cm³/mol. The molecule has 4 heteroatoms. The van der Waals surface area contributed by atoms with Gasteiger partial charge in [0.05, 0.1) is 22.1 Å². The minimum atomic E-state index is -2.68. The maximum atomic E-state index is 6.50. The van der Waals surface area contributed by atoms with E-state index in [0.717, 1.165) is 50.0 Å². The molecule has 3 heterocycles. The van der Waals surface area contributed by atoms with Gasteiger partial charge in [0.25, 0.3) is 0 Å². The Morgan fingerprint density at radius 2 is 0.781 bits per heavy atom. The van der Waals surface area contributed by atoms with Crippen LogP contribution in [0, 0.1) is 0 Å². The Hall–Kier alpha value is -8.18. The number of hydrogen-bond acceptors (Lipinski definition) is 1. The van der Waals surface area contributed by atoms with Crippen LogP contribution in [0.4, 0.5) is 0 Å². The van der Waals surface area contributed by atoms with Crippen molar-refractivity contribution in [3.8, 4) is 22.5 Å². The van der Waals surface area contributed by atoms with Gasteiger partial charge in [0.1, 0.15) is 11.2 Å². The molecule has 0 unspecified atom stereocenters. The third kappa shape index (κ3) is 5.39. The standard InChI is InChI=1S/C60H40N2OSi/c1-4-17-44(18-5-1)64(45-19-6-2-7-20-45,46-21-8-3-9-22-46)47-35-32-42(33-36-47)61-55-28-13-10-23-49(55)51-37-34-43(40-58(51)61)62-56-29-14-11-24-50(56)54-39-41(31-38-57(54)62)48-26-16-27-53-52-25-12-15-30-59(52)63-60(48)53/h1-40H. The van der Waals surface area contributed by atoms with Crippen LogP contribution in [0.1, 0.15) is 0 Å². The summed E-state index contributed by atoms with van der Waals surface area (Å²) in [5.74, 6) is 0. The number of nitrogens with zero attached hydrogens (tertiary/aromatic N) is 2. The molecule has 64 heavy (non-hydrogen) atoms. The molecule has 0 aliphatic carbocycles. The topological polar surface area (TPSA) is 23.0 Å². The van der Waals surface area contributed by atoms with Gasteiger partial charge in [-0.25, -0.2) is 0 Å². The van der Waals surface area contributed by atoms with E-state index in [1.54, 1.807) is 0 Å². The van der Waals surface area contributed by atoms with E-state index in [0.29, 0.717) is 0 Å². The largest absolute Gasteiger partial charge is 0.455 e. The minimum Gasteiger partial charge on any atom is -0.455 e. The second-order valence-electron chi connectivity index (χ2n) is 16.8. The van der Waals surface area contributed by atoms with Crippen molar-refractivity contribution in [2.24, 2.45) is 0 Å². The number of furan rings is 1. The molecule has 13 aromatic rings. The van der Waals surface area contributed by atoms with Gasteiger partial charge in [-0.05, 0) is 80.9 Å². The summed E-state index contributed by atoms with van der Waals surface area (Å²) in [5.41, 5.74) is 11.0. The van der Waals surface area contributed by atoms with E-state index in [9.17, 15) is 0 Å². The molecule has 300 valence electrons. The predicted octanol–water partition coefficient (Wildman–Crippen LogP) is 12.8. The summed E-state index contributed by atoms with van der Waals surface area (Å²) < 4.78 is 11.4. The van der Waals surface area contributed by atoms with Crippen molar-refractivity contribution in [3.05, 3.63) is 243 Å². The van der Waals surface area contributed by atoms with E-state index in [1.807, 2.05) is 6.07 Å². The maximum absolute atomic E-state index is 6.50. The van der Waals surface area contributed by atoms with Gasteiger partial charge in [-0.3, -0.25) is 0 Å². The Labute approximate surface area is 371 Å². The Kier molecular flexibility index (Phi) is 8.23. The SMILES string of the molecule is c1ccc([Si](c2ccccc2)(c2ccccc2)c2ccc(-n3c4ccccc4c4ccc(-n5c6ccccc6c6cc(-c7cccc8c7oc7ccccc78)ccc65)cc43)cc2)cc1. The Morgan fingerprint density at radius 1 is 0.297 bits per heavy atom. The molecule has 3 nitrogen and oxygen atoms in total. The van der Waals surface area contributed by atoms with Gasteiger partial charge in [-0.2, -0.15) is 0 Å². The second kappa shape index (κ2) is 14.5. The first kappa shape index (κ1) is 36.5. The lowest BCUT2D eigenvalue weighted by Crippen LogP contribution is -2.74. The lowest BCUT2D eigenvalue weighted by atomic mass is 10.0. The molecular weight excluding hydrogens is 793 g/mol. The fraction of sp³-hybridized carbons (Fsp3) is 0. The molecular formula is C60H40N2OSi. The lowest BCUT2D eigenvalue weighted by molar-refractivity contribution is 0.670. The van der Waals surface area contributed by atoms with Crippen molar-refractivity contribution in [2.45, 2.75) is 0 Å². The molecule has 0 atom stereocenters. The minimum absolute atomic E-state index is 0.910. The molecule has 0 N–H and O–H groups in total. The molecule has 0 saturated heterocycles. The molecule has 0 amide bonds. The number of fused-ring (bicyclic) bond motifs is 9. The highest BCUT2D eigenvalue weighted by Crippen LogP contribution is 2.40. The van der Waals surface area contributed by atoms with Crippen molar-refractivity contribution in [3.63, 3.8) is 0 Å². The van der Waals surface area contributed by atoms with Gasteiger partial charge < -0.3 is 13.6 Å². The molecule has 0 fully saturated rings. The van der Waals surface area contributed by atoms with Gasteiger partial charge in [0.2, 0.25) is 0 Å². The van der Waals surface area contributed by atoms with E-state index >= 15 is 0 Å². The Morgan fingerprint density at radius 3 is 1.44 bits per heavy atom. The third-order valence-electron chi connectivity index (χ3n) is 13.5. The first-order valence-corrected chi connectivity index (χ1v) is 24.0. The zero-order valence-corrected chi connectivity index (χ0v) is 35.9. The zero-order valence-electron chi connectivity index (χ0n) is 34.9. The van der Waals surface area contributed by atoms with E-state index in [4.69, 9.17) is 4.42 Å². The molecule has 3 aromatic heterocycles. The summed E-state index contributed by atoms with van der Waals surface area (Å²) in [4.78, 5) is 0. The molecule has 0 bridgehead atoms. The van der Waals surface area contributed by atoms with Crippen LogP contribution in [0.25, 0.3) is 88.1 Å². The van der Waals surface area contributed by atoms with Crippen LogP contribution in [-0.4, -0.2) is 17.2 Å². The lowest BCUT2D eigenvalue weighted by Gasteiger charge is -2.34. The quantitative estimate of drug-likeness (QED) is 0.116. The van der Waals surface area contributed by atoms with Crippen LogP contribution in [0.2, 0.25) is 0 Å². The van der Waals surface area contributed by atoms with Crippen LogP contribution in [0.3, 0.4) is 0 Å². The van der Waals surface area contributed by atoms with Crippen molar-refractivity contribution < 1.29 is 4.42 Å². The highest BCUT2D eigenvalue weighted by molar-refractivity contribution is 7.19. The molecule has 0 spiro atoms. The normalized spacial score (nSPS) is 12.1. The third-order valence-corrected chi connectivity index (χ3v) is 18.3. The summed E-state index contributed by atoms with van der Waals surface area (Å²) in [6, 6.07) is 89.2. The van der Waals surface area contributed by atoms with Gasteiger partial charge in [0, 0.05) is 49.3 Å². The van der Waals surface area contributed by atoms with E-state index in [1.165, 1.54) is 58.8 Å². The zero-order chi connectivity index (χ0) is 42.2. The van der Waals surface area contributed by atoms with Gasteiger partial charge in [-0.1, -0.05) is 188 Å². The maximum Gasteiger partial charge on any atom is 0.179 e. The fourth-order valence-electron chi connectivity index (χ4n) is 10.7. The molecule has 0 radical (unpaired) electrons. The molecule has 10 aromatic carbocycles. The average molecular weight is 833 g/mol.